The van der Waals surface area contributed by atoms with Crippen LogP contribution < -0.4 is 15.9 Å². The minimum absolute atomic E-state index is 0.0376. The fourth-order valence-electron chi connectivity index (χ4n) is 4.25. The highest BCUT2D eigenvalue weighted by Gasteiger charge is 2.37. The number of para-hydroxylation sites is 1. The first-order valence-corrected chi connectivity index (χ1v) is 12.2. The van der Waals surface area contributed by atoms with Crippen LogP contribution in [0.4, 0.5) is 0 Å². The first-order valence-electron chi connectivity index (χ1n) is 10.5. The molecule has 0 amide bonds. The predicted molar refractivity (Wildman–Crippen MR) is 130 cm³/mol. The van der Waals surface area contributed by atoms with Crippen molar-refractivity contribution in [2.24, 2.45) is 0 Å². The van der Waals surface area contributed by atoms with E-state index < -0.39 is 7.14 Å². The van der Waals surface area contributed by atoms with Gasteiger partial charge >= 0.3 is 0 Å². The summed E-state index contributed by atoms with van der Waals surface area (Å²) in [7, 11) is -3.18. The summed E-state index contributed by atoms with van der Waals surface area (Å²) in [6.45, 7) is 2.12. The molecule has 1 unspecified atom stereocenters. The molecule has 152 valence electrons. The van der Waals surface area contributed by atoms with Crippen LogP contribution in [0.5, 0.6) is 0 Å². The van der Waals surface area contributed by atoms with Crippen LogP contribution in [0.15, 0.2) is 120 Å². The van der Waals surface area contributed by atoms with E-state index in [-0.39, 0.29) is 5.92 Å². The second-order valence-electron chi connectivity index (χ2n) is 7.72. The molecule has 4 aromatic carbocycles. The Morgan fingerprint density at radius 3 is 1.71 bits per heavy atom. The number of hydrogen-bond donors (Lipinski definition) is 0. The van der Waals surface area contributed by atoms with Gasteiger partial charge in [0.1, 0.15) is 11.3 Å². The Hall–Kier alpha value is -3.35. The van der Waals surface area contributed by atoms with Crippen LogP contribution in [0.3, 0.4) is 0 Å². The molecule has 2 nitrogen and oxygen atoms in total. The fraction of sp³-hybridized carbons (Fsp3) is 0.0714. The topological polar surface area (TPSA) is 30.2 Å². The van der Waals surface area contributed by atoms with Crippen molar-refractivity contribution in [2.45, 2.75) is 12.8 Å². The van der Waals surface area contributed by atoms with E-state index in [2.05, 4.69) is 19.1 Å². The molecular formula is C28H23O2P. The van der Waals surface area contributed by atoms with Gasteiger partial charge in [-0.3, -0.25) is 0 Å². The van der Waals surface area contributed by atoms with Gasteiger partial charge in [-0.25, -0.2) is 0 Å². The highest BCUT2D eigenvalue weighted by Crippen LogP contribution is 2.48. The summed E-state index contributed by atoms with van der Waals surface area (Å²) >= 11 is 0. The molecule has 0 radical (unpaired) electrons. The highest BCUT2D eigenvalue weighted by atomic mass is 31.2. The third kappa shape index (κ3) is 3.34. The molecule has 5 rings (SSSR count). The molecule has 1 aromatic heterocycles. The van der Waals surface area contributed by atoms with E-state index in [9.17, 15) is 0 Å². The number of hydrogen-bond acceptors (Lipinski definition) is 2. The summed E-state index contributed by atoms with van der Waals surface area (Å²) < 4.78 is 21.6. The second-order valence-corrected chi connectivity index (χ2v) is 10.4. The number of furan rings is 1. The lowest BCUT2D eigenvalue weighted by molar-refractivity contribution is 0.535. The molecular weight excluding hydrogens is 399 g/mol. The summed E-state index contributed by atoms with van der Waals surface area (Å²) in [5, 5.41) is 3.34. The second kappa shape index (κ2) is 8.06. The average molecular weight is 422 g/mol. The Labute approximate surface area is 182 Å². The third-order valence-corrected chi connectivity index (χ3v) is 8.98. The zero-order valence-corrected chi connectivity index (χ0v) is 18.2. The van der Waals surface area contributed by atoms with Crippen molar-refractivity contribution in [1.82, 2.24) is 0 Å². The molecule has 0 spiro atoms. The van der Waals surface area contributed by atoms with Crippen LogP contribution >= 0.6 is 7.14 Å². The fourth-order valence-corrected chi connectivity index (χ4v) is 7.32. The van der Waals surface area contributed by atoms with Crippen LogP contribution in [0, 0.1) is 0 Å². The normalized spacial score (nSPS) is 12.7. The van der Waals surface area contributed by atoms with Gasteiger partial charge in [0.15, 0.2) is 7.14 Å². The highest BCUT2D eigenvalue weighted by molar-refractivity contribution is 7.85. The Balaban J connectivity index is 1.86. The summed E-state index contributed by atoms with van der Waals surface area (Å²) in [6.07, 6.45) is 0. The average Bonchev–Trinajstić information content (AvgIpc) is 3.25. The standard InChI is InChI=1S/C28H23O2P/c1-21(22-13-5-2-6-14-22)27-28(25-19-11-12-20-26(25)30-27)31(29,23-15-7-3-8-16-23)24-17-9-4-10-18-24/h2-21H,1H3. The van der Waals surface area contributed by atoms with Gasteiger partial charge in [-0.1, -0.05) is 116 Å². The summed E-state index contributed by atoms with van der Waals surface area (Å²) in [5.41, 5.74) is 1.90. The zero-order valence-electron chi connectivity index (χ0n) is 17.3. The molecule has 1 atom stereocenters. The molecule has 3 heteroatoms. The van der Waals surface area contributed by atoms with Gasteiger partial charge in [0.2, 0.25) is 0 Å². The van der Waals surface area contributed by atoms with Crippen molar-refractivity contribution in [3.05, 3.63) is 127 Å². The van der Waals surface area contributed by atoms with E-state index in [0.29, 0.717) is 0 Å². The lowest BCUT2D eigenvalue weighted by atomic mass is 9.98. The molecule has 0 aliphatic heterocycles. The van der Waals surface area contributed by atoms with Crippen molar-refractivity contribution >= 4 is 34.0 Å². The largest absolute Gasteiger partial charge is 0.460 e. The SMILES string of the molecule is CC(c1ccccc1)c1oc2ccccc2c1P(=O)(c1ccccc1)c1ccccc1. The van der Waals surface area contributed by atoms with E-state index in [1.54, 1.807) is 0 Å². The molecule has 31 heavy (non-hydrogen) atoms. The van der Waals surface area contributed by atoms with Crippen LogP contribution in [0.1, 0.15) is 24.2 Å². The van der Waals surface area contributed by atoms with Crippen molar-refractivity contribution in [2.75, 3.05) is 0 Å². The van der Waals surface area contributed by atoms with Crippen molar-refractivity contribution < 1.29 is 8.98 Å². The molecule has 0 fully saturated rings. The number of rotatable bonds is 5. The molecule has 0 N–H and O–H groups in total. The number of fused-ring (bicyclic) bond motifs is 1. The molecule has 0 bridgehead atoms. The van der Waals surface area contributed by atoms with Gasteiger partial charge in [-0.2, -0.15) is 0 Å². The van der Waals surface area contributed by atoms with Gasteiger partial charge in [-0.15, -0.1) is 0 Å². The van der Waals surface area contributed by atoms with E-state index >= 15 is 4.57 Å². The van der Waals surface area contributed by atoms with E-state index in [1.807, 2.05) is 103 Å². The maximum atomic E-state index is 15.2. The van der Waals surface area contributed by atoms with E-state index in [0.717, 1.165) is 38.2 Å². The first kappa shape index (κ1) is 19.6. The molecule has 5 aromatic rings. The van der Waals surface area contributed by atoms with Gasteiger partial charge in [-0.05, 0) is 11.6 Å². The Morgan fingerprint density at radius 2 is 1.13 bits per heavy atom. The van der Waals surface area contributed by atoms with Gasteiger partial charge < -0.3 is 8.98 Å². The minimum Gasteiger partial charge on any atom is -0.460 e. The Kier molecular flexibility index (Phi) is 5.10. The van der Waals surface area contributed by atoms with Gasteiger partial charge in [0, 0.05) is 21.9 Å². The summed E-state index contributed by atoms with van der Waals surface area (Å²) in [5.74, 6) is 0.729. The molecule has 1 heterocycles. The first-order chi connectivity index (χ1) is 15.2. The molecule has 0 aliphatic carbocycles. The maximum Gasteiger partial charge on any atom is 0.175 e. The number of benzene rings is 4. The lowest BCUT2D eigenvalue weighted by Gasteiger charge is -2.22. The quantitative estimate of drug-likeness (QED) is 0.315. The van der Waals surface area contributed by atoms with E-state index in [4.69, 9.17) is 4.42 Å². The van der Waals surface area contributed by atoms with Gasteiger partial charge in [0.25, 0.3) is 0 Å². The summed E-state index contributed by atoms with van der Waals surface area (Å²) in [6, 6.07) is 37.8. The van der Waals surface area contributed by atoms with Crippen LogP contribution in [0.2, 0.25) is 0 Å². The molecule has 0 aliphatic rings. The minimum atomic E-state index is -3.18. The Bertz CT molecular complexity index is 1310. The van der Waals surface area contributed by atoms with Crippen LogP contribution in [-0.2, 0) is 4.57 Å². The van der Waals surface area contributed by atoms with Crippen molar-refractivity contribution in [3.63, 3.8) is 0 Å². The lowest BCUT2D eigenvalue weighted by Crippen LogP contribution is -2.27. The predicted octanol–water partition coefficient (Wildman–Crippen LogP) is 6.22. The van der Waals surface area contributed by atoms with Gasteiger partial charge in [0.05, 0.1) is 5.30 Å². The maximum absolute atomic E-state index is 15.2. The zero-order chi connectivity index (χ0) is 21.3. The Morgan fingerprint density at radius 1 is 0.645 bits per heavy atom. The third-order valence-electron chi connectivity index (χ3n) is 5.84. The smallest absolute Gasteiger partial charge is 0.175 e. The molecule has 0 saturated heterocycles. The monoisotopic (exact) mass is 422 g/mol. The van der Waals surface area contributed by atoms with Crippen molar-refractivity contribution in [1.29, 1.82) is 0 Å². The van der Waals surface area contributed by atoms with E-state index in [1.165, 1.54) is 0 Å². The molecule has 0 saturated carbocycles. The van der Waals surface area contributed by atoms with Crippen molar-refractivity contribution in [3.8, 4) is 0 Å². The van der Waals surface area contributed by atoms with Crippen LogP contribution in [0.25, 0.3) is 11.0 Å². The summed E-state index contributed by atoms with van der Waals surface area (Å²) in [4.78, 5) is 0. The van der Waals surface area contributed by atoms with Crippen LogP contribution in [-0.4, -0.2) is 0 Å².